The predicted octanol–water partition coefficient (Wildman–Crippen LogP) is 5.30. The second kappa shape index (κ2) is 6.91. The standard InChI is InChI=1S/C20H19F5N6O2S/c1-11-7-15(18(26)27-8-11)19(32)29-16-9-28-31-12(2)10-30(20(33)17(16)31)13-3-5-14(6-4-13)34(21,22,23,24)25/h3-9,12H,10H2,1-2H3,(H2,26,27)(H,29,32)/t12-/m0/s1. The van der Waals surface area contributed by atoms with E-state index in [0.29, 0.717) is 5.56 Å². The van der Waals surface area contributed by atoms with E-state index in [0.717, 1.165) is 17.0 Å². The van der Waals surface area contributed by atoms with E-state index in [1.165, 1.54) is 23.1 Å². The van der Waals surface area contributed by atoms with Crippen molar-refractivity contribution in [3.8, 4) is 0 Å². The molecule has 1 atom stereocenters. The highest BCUT2D eigenvalue weighted by molar-refractivity contribution is 8.45. The number of nitrogens with zero attached hydrogens (tertiary/aromatic N) is 4. The third-order valence-corrected chi connectivity index (χ3v) is 6.41. The second-order valence-electron chi connectivity index (χ2n) is 7.98. The number of pyridine rings is 1. The Bertz CT molecular complexity index is 1330. The number of hydrogen-bond donors (Lipinski definition) is 2. The number of nitrogens with two attached hydrogens (primary N) is 1. The highest BCUT2D eigenvalue weighted by Gasteiger charge is 2.65. The van der Waals surface area contributed by atoms with Gasteiger partial charge in [0.05, 0.1) is 23.5 Å². The number of anilines is 3. The van der Waals surface area contributed by atoms with Gasteiger partial charge in [-0.15, -0.1) is 0 Å². The fraction of sp³-hybridized carbons (Fsp3) is 0.200. The number of benzene rings is 1. The van der Waals surface area contributed by atoms with E-state index in [1.54, 1.807) is 13.8 Å². The van der Waals surface area contributed by atoms with Crippen molar-refractivity contribution < 1.29 is 29.0 Å². The molecular weight excluding hydrogens is 483 g/mol. The van der Waals surface area contributed by atoms with E-state index >= 15 is 0 Å². The lowest BCUT2D eigenvalue weighted by atomic mass is 10.1. The van der Waals surface area contributed by atoms with Gasteiger partial charge in [0, 0.05) is 18.4 Å². The van der Waals surface area contributed by atoms with Crippen molar-refractivity contribution in [3.63, 3.8) is 0 Å². The van der Waals surface area contributed by atoms with Crippen molar-refractivity contribution in [3.05, 3.63) is 59.5 Å². The first kappa shape index (κ1) is 23.5. The number of aromatic nitrogens is 3. The Morgan fingerprint density at radius 2 is 1.79 bits per heavy atom. The van der Waals surface area contributed by atoms with Crippen LogP contribution in [-0.4, -0.2) is 33.1 Å². The molecule has 3 heterocycles. The highest BCUT2D eigenvalue weighted by atomic mass is 32.5. The van der Waals surface area contributed by atoms with Crippen LogP contribution in [-0.2, 0) is 0 Å². The van der Waals surface area contributed by atoms with Crippen LogP contribution in [0.1, 0.15) is 39.4 Å². The molecule has 1 aliphatic heterocycles. The van der Waals surface area contributed by atoms with E-state index in [9.17, 15) is 29.0 Å². The summed E-state index contributed by atoms with van der Waals surface area (Å²) >= 11 is 0. The highest BCUT2D eigenvalue weighted by Crippen LogP contribution is 3.02. The molecule has 182 valence electrons. The van der Waals surface area contributed by atoms with Crippen molar-refractivity contribution in [2.45, 2.75) is 24.8 Å². The van der Waals surface area contributed by atoms with E-state index in [2.05, 4.69) is 15.4 Å². The van der Waals surface area contributed by atoms with E-state index in [4.69, 9.17) is 5.73 Å². The van der Waals surface area contributed by atoms with Gasteiger partial charge >= 0.3 is 10.2 Å². The van der Waals surface area contributed by atoms with Crippen molar-refractivity contribution >= 4 is 39.2 Å². The van der Waals surface area contributed by atoms with Gasteiger partial charge in [-0.2, -0.15) is 5.10 Å². The van der Waals surface area contributed by atoms with Gasteiger partial charge in [0.15, 0.2) is 5.69 Å². The van der Waals surface area contributed by atoms with Gasteiger partial charge in [0.2, 0.25) is 0 Å². The number of rotatable bonds is 4. The molecular formula is C20H19F5N6O2S. The number of aryl methyl sites for hydroxylation is 1. The number of amides is 2. The van der Waals surface area contributed by atoms with Crippen LogP contribution in [0.25, 0.3) is 0 Å². The number of fused-ring (bicyclic) bond motifs is 1. The molecule has 14 heteroatoms. The van der Waals surface area contributed by atoms with Crippen LogP contribution in [0, 0.1) is 6.92 Å². The lowest BCUT2D eigenvalue weighted by molar-refractivity contribution is 0.0954. The summed E-state index contributed by atoms with van der Waals surface area (Å²) in [6.07, 6.45) is 2.75. The molecule has 2 aromatic heterocycles. The first-order valence-electron chi connectivity index (χ1n) is 9.82. The summed E-state index contributed by atoms with van der Waals surface area (Å²) in [5.41, 5.74) is 6.55. The quantitative estimate of drug-likeness (QED) is 0.471. The van der Waals surface area contributed by atoms with Crippen LogP contribution in [0.3, 0.4) is 0 Å². The van der Waals surface area contributed by atoms with Crippen LogP contribution < -0.4 is 16.0 Å². The van der Waals surface area contributed by atoms with Gasteiger partial charge in [0.1, 0.15) is 10.7 Å². The zero-order chi connectivity index (χ0) is 25.1. The molecule has 2 amide bonds. The van der Waals surface area contributed by atoms with E-state index < -0.39 is 33.0 Å². The topological polar surface area (TPSA) is 106 Å². The Balaban J connectivity index is 1.66. The van der Waals surface area contributed by atoms with Gasteiger partial charge in [-0.3, -0.25) is 14.3 Å². The summed E-state index contributed by atoms with van der Waals surface area (Å²) in [6.45, 7) is 3.44. The number of carbonyl (C=O) groups is 2. The minimum Gasteiger partial charge on any atom is -0.383 e. The Kier molecular flexibility index (Phi) is 4.77. The first-order chi connectivity index (χ1) is 15.5. The molecule has 3 N–H and O–H groups in total. The Labute approximate surface area is 190 Å². The first-order valence-corrected chi connectivity index (χ1v) is 11.8. The smallest absolute Gasteiger partial charge is 0.310 e. The zero-order valence-electron chi connectivity index (χ0n) is 17.8. The number of nitrogen functional groups attached to an aromatic ring is 1. The summed E-state index contributed by atoms with van der Waals surface area (Å²) in [4.78, 5) is 28.9. The summed E-state index contributed by atoms with van der Waals surface area (Å²) in [5, 5.41) is 6.70. The maximum absolute atomic E-state index is 13.2. The van der Waals surface area contributed by atoms with E-state index in [1.807, 2.05) is 0 Å². The summed E-state index contributed by atoms with van der Waals surface area (Å²) < 4.78 is 66.6. The molecule has 4 rings (SSSR count). The average Bonchev–Trinajstić information content (AvgIpc) is 3.15. The third kappa shape index (κ3) is 4.27. The van der Waals surface area contributed by atoms with Crippen LogP contribution in [0.5, 0.6) is 0 Å². The molecule has 0 radical (unpaired) electrons. The molecule has 0 aliphatic carbocycles. The zero-order valence-corrected chi connectivity index (χ0v) is 18.6. The van der Waals surface area contributed by atoms with Crippen molar-refractivity contribution in [2.24, 2.45) is 0 Å². The van der Waals surface area contributed by atoms with Crippen molar-refractivity contribution in [2.75, 3.05) is 22.5 Å². The van der Waals surface area contributed by atoms with E-state index in [-0.39, 0.29) is 47.1 Å². The molecule has 34 heavy (non-hydrogen) atoms. The summed E-state index contributed by atoms with van der Waals surface area (Å²) in [5.74, 6) is -1.34. The normalized spacial score (nSPS) is 18.1. The maximum atomic E-state index is 13.2. The lowest BCUT2D eigenvalue weighted by Crippen LogP contribution is -2.43. The average molecular weight is 502 g/mol. The molecule has 1 aliphatic rings. The molecule has 0 spiro atoms. The molecule has 0 fully saturated rings. The number of hydrogen-bond acceptors (Lipinski definition) is 5. The molecule has 0 unspecified atom stereocenters. The molecule has 1 aromatic carbocycles. The SMILES string of the molecule is Cc1cnc(N)c(C(=O)Nc2cnn3c2C(=O)N(c2ccc(S(F)(F)(F)(F)F)cc2)C[C@@H]3C)c1. The van der Waals surface area contributed by atoms with Gasteiger partial charge in [-0.1, -0.05) is 19.4 Å². The van der Waals surface area contributed by atoms with Crippen molar-refractivity contribution in [1.82, 2.24) is 14.8 Å². The molecule has 0 saturated heterocycles. The monoisotopic (exact) mass is 502 g/mol. The molecule has 8 nitrogen and oxygen atoms in total. The number of nitrogens with one attached hydrogen (secondary N) is 1. The van der Waals surface area contributed by atoms with Crippen molar-refractivity contribution in [1.29, 1.82) is 0 Å². The van der Waals surface area contributed by atoms with Gasteiger partial charge in [0.25, 0.3) is 11.8 Å². The summed E-state index contributed by atoms with van der Waals surface area (Å²) in [6, 6.07) is 3.19. The Morgan fingerprint density at radius 3 is 2.41 bits per heavy atom. The lowest BCUT2D eigenvalue weighted by Gasteiger charge is -2.40. The van der Waals surface area contributed by atoms with Crippen LogP contribution in [0.2, 0.25) is 0 Å². The number of halogens is 5. The maximum Gasteiger partial charge on any atom is 0.310 e. The van der Waals surface area contributed by atoms with Crippen LogP contribution >= 0.6 is 10.2 Å². The van der Waals surface area contributed by atoms with Crippen LogP contribution in [0.4, 0.5) is 36.6 Å². The predicted molar refractivity (Wildman–Crippen MR) is 118 cm³/mol. The van der Waals surface area contributed by atoms with Gasteiger partial charge in [-0.05, 0) is 49.7 Å². The third-order valence-electron chi connectivity index (χ3n) is 5.25. The Hall–Kier alpha value is -3.68. The van der Waals surface area contributed by atoms with Gasteiger partial charge < -0.3 is 16.0 Å². The fourth-order valence-corrected chi connectivity index (χ4v) is 4.26. The molecule has 0 saturated carbocycles. The minimum absolute atomic E-state index is 0.0145. The fourth-order valence-electron chi connectivity index (χ4n) is 3.61. The second-order valence-corrected chi connectivity index (χ2v) is 10.4. The molecule has 0 bridgehead atoms. The molecule has 3 aromatic rings. The Morgan fingerprint density at radius 1 is 1.15 bits per heavy atom. The largest absolute Gasteiger partial charge is 0.383 e. The minimum atomic E-state index is -9.85. The summed E-state index contributed by atoms with van der Waals surface area (Å²) in [7, 11) is -9.85. The number of carbonyl (C=O) groups excluding carboxylic acids is 2. The van der Waals surface area contributed by atoms with Crippen LogP contribution in [0.15, 0.2) is 47.6 Å². The van der Waals surface area contributed by atoms with Gasteiger partial charge in [-0.25, -0.2) is 4.98 Å².